The van der Waals surface area contributed by atoms with Crippen LogP contribution in [-0.4, -0.2) is 31.0 Å². The van der Waals surface area contributed by atoms with Crippen molar-refractivity contribution in [1.29, 1.82) is 0 Å². The fraction of sp³-hybridized carbons (Fsp3) is 0.190. The second-order valence-electron chi connectivity index (χ2n) is 6.20. The van der Waals surface area contributed by atoms with Crippen LogP contribution in [0.2, 0.25) is 0 Å². The Kier molecular flexibility index (Phi) is 6.25. The number of para-hydroxylation sites is 1. The van der Waals surface area contributed by atoms with Crippen molar-refractivity contribution in [1.82, 2.24) is 10.9 Å². The molecule has 0 spiro atoms. The Morgan fingerprint density at radius 1 is 1.00 bits per heavy atom. The zero-order valence-corrected chi connectivity index (χ0v) is 15.9. The number of carbonyl (C=O) groups is 3. The second-order valence-corrected chi connectivity index (χ2v) is 6.20. The van der Waals surface area contributed by atoms with Crippen LogP contribution < -0.4 is 10.9 Å². The average Bonchev–Trinajstić information content (AvgIpc) is 3.11. The number of hydrogen-bond acceptors (Lipinski definition) is 6. The molecular formula is C21H20N2O6. The maximum absolute atomic E-state index is 12.5. The Morgan fingerprint density at radius 2 is 1.69 bits per heavy atom. The summed E-state index contributed by atoms with van der Waals surface area (Å²) in [6, 6.07) is 15.5. The van der Waals surface area contributed by atoms with Crippen LogP contribution in [0.1, 0.15) is 33.4 Å². The van der Waals surface area contributed by atoms with Crippen LogP contribution in [0.3, 0.4) is 0 Å². The van der Waals surface area contributed by atoms with E-state index in [1.54, 1.807) is 48.5 Å². The van der Waals surface area contributed by atoms with Crippen LogP contribution >= 0.6 is 0 Å². The molecule has 0 aliphatic heterocycles. The molecule has 2 amide bonds. The van der Waals surface area contributed by atoms with Crippen molar-refractivity contribution in [3.63, 3.8) is 0 Å². The predicted molar refractivity (Wildman–Crippen MR) is 104 cm³/mol. The number of amides is 2. The van der Waals surface area contributed by atoms with Gasteiger partial charge in [-0.25, -0.2) is 4.79 Å². The van der Waals surface area contributed by atoms with Crippen LogP contribution in [-0.2, 0) is 20.9 Å². The fourth-order valence-electron chi connectivity index (χ4n) is 2.70. The molecule has 2 aromatic carbocycles. The minimum Gasteiger partial charge on any atom is -0.449 e. The molecule has 1 atom stereocenters. The highest BCUT2D eigenvalue weighted by atomic mass is 16.6. The third-order valence-electron chi connectivity index (χ3n) is 4.16. The molecule has 3 aromatic rings. The standard InChI is InChI=1S/C21H20N2O6/c1-13(19(24)22-23-20(25)14-8-4-3-5-9-14)28-21(26)18-16(12-27-2)15-10-6-7-11-17(15)29-18/h3-11,13H,12H2,1-2H3,(H,22,24)(H,23,25)/t13-/m0/s1. The van der Waals surface area contributed by atoms with Gasteiger partial charge in [0, 0.05) is 23.6 Å². The molecule has 0 bridgehead atoms. The minimum absolute atomic E-state index is 0.0268. The molecule has 0 fully saturated rings. The van der Waals surface area contributed by atoms with E-state index in [4.69, 9.17) is 13.9 Å². The highest BCUT2D eigenvalue weighted by Gasteiger charge is 2.26. The molecular weight excluding hydrogens is 376 g/mol. The van der Waals surface area contributed by atoms with Gasteiger partial charge < -0.3 is 13.9 Å². The van der Waals surface area contributed by atoms with Crippen molar-refractivity contribution in [2.24, 2.45) is 0 Å². The van der Waals surface area contributed by atoms with E-state index in [1.165, 1.54) is 14.0 Å². The van der Waals surface area contributed by atoms with Gasteiger partial charge in [0.25, 0.3) is 11.8 Å². The van der Waals surface area contributed by atoms with E-state index in [9.17, 15) is 14.4 Å². The van der Waals surface area contributed by atoms with E-state index >= 15 is 0 Å². The summed E-state index contributed by atoms with van der Waals surface area (Å²) in [4.78, 5) is 36.7. The Labute approximate surface area is 166 Å². The summed E-state index contributed by atoms with van der Waals surface area (Å²) >= 11 is 0. The fourth-order valence-corrected chi connectivity index (χ4v) is 2.70. The molecule has 150 valence electrons. The monoisotopic (exact) mass is 396 g/mol. The van der Waals surface area contributed by atoms with Gasteiger partial charge in [-0.05, 0) is 25.1 Å². The van der Waals surface area contributed by atoms with Crippen molar-refractivity contribution < 1.29 is 28.3 Å². The number of carbonyl (C=O) groups excluding carboxylic acids is 3. The van der Waals surface area contributed by atoms with Gasteiger partial charge in [0.2, 0.25) is 5.76 Å². The summed E-state index contributed by atoms with van der Waals surface area (Å²) in [5.41, 5.74) is 5.94. The van der Waals surface area contributed by atoms with E-state index in [-0.39, 0.29) is 12.4 Å². The molecule has 29 heavy (non-hydrogen) atoms. The molecule has 1 heterocycles. The van der Waals surface area contributed by atoms with Crippen LogP contribution in [0, 0.1) is 0 Å². The quantitative estimate of drug-likeness (QED) is 0.490. The van der Waals surface area contributed by atoms with Crippen molar-refractivity contribution in [2.75, 3.05) is 7.11 Å². The largest absolute Gasteiger partial charge is 0.449 e. The van der Waals surface area contributed by atoms with E-state index < -0.39 is 23.9 Å². The molecule has 0 saturated heterocycles. The Hall–Kier alpha value is -3.65. The molecule has 0 saturated carbocycles. The van der Waals surface area contributed by atoms with Gasteiger partial charge in [0.05, 0.1) is 6.61 Å². The summed E-state index contributed by atoms with van der Waals surface area (Å²) < 4.78 is 15.9. The van der Waals surface area contributed by atoms with Crippen molar-refractivity contribution in [2.45, 2.75) is 19.6 Å². The van der Waals surface area contributed by atoms with E-state index in [0.717, 1.165) is 5.39 Å². The van der Waals surface area contributed by atoms with Gasteiger partial charge in [0.15, 0.2) is 6.10 Å². The SMILES string of the molecule is COCc1c(C(=O)O[C@@H](C)C(=O)NNC(=O)c2ccccc2)oc2ccccc12. The van der Waals surface area contributed by atoms with Crippen LogP contribution in [0.25, 0.3) is 11.0 Å². The molecule has 3 rings (SSSR count). The molecule has 0 aliphatic carbocycles. The first kappa shape index (κ1) is 20.1. The summed E-state index contributed by atoms with van der Waals surface area (Å²) in [7, 11) is 1.50. The number of nitrogens with one attached hydrogen (secondary N) is 2. The summed E-state index contributed by atoms with van der Waals surface area (Å²) in [6.45, 7) is 1.54. The zero-order chi connectivity index (χ0) is 20.8. The lowest BCUT2D eigenvalue weighted by Gasteiger charge is -2.13. The highest BCUT2D eigenvalue weighted by molar-refractivity contribution is 5.98. The van der Waals surface area contributed by atoms with E-state index in [2.05, 4.69) is 10.9 Å². The number of hydrazine groups is 1. The molecule has 0 radical (unpaired) electrons. The number of methoxy groups -OCH3 is 1. The number of benzene rings is 2. The normalized spacial score (nSPS) is 11.7. The third-order valence-corrected chi connectivity index (χ3v) is 4.16. The number of furan rings is 1. The summed E-state index contributed by atoms with van der Waals surface area (Å²) in [5.74, 6) is -2.00. The number of hydrogen-bond donors (Lipinski definition) is 2. The number of esters is 1. The van der Waals surface area contributed by atoms with Crippen molar-refractivity contribution in [3.05, 3.63) is 71.5 Å². The van der Waals surface area contributed by atoms with Gasteiger partial charge in [-0.2, -0.15) is 0 Å². The topological polar surface area (TPSA) is 107 Å². The summed E-state index contributed by atoms with van der Waals surface area (Å²) in [6.07, 6.45) is -1.16. The maximum atomic E-state index is 12.5. The van der Waals surface area contributed by atoms with Crippen molar-refractivity contribution >= 4 is 28.8 Å². The van der Waals surface area contributed by atoms with Gasteiger partial charge >= 0.3 is 5.97 Å². The maximum Gasteiger partial charge on any atom is 0.375 e. The highest BCUT2D eigenvalue weighted by Crippen LogP contribution is 2.27. The average molecular weight is 396 g/mol. The molecule has 0 aliphatic rings. The Morgan fingerprint density at radius 3 is 2.41 bits per heavy atom. The predicted octanol–water partition coefficient (Wildman–Crippen LogP) is 2.59. The first-order valence-corrected chi connectivity index (χ1v) is 8.86. The van der Waals surface area contributed by atoms with Crippen LogP contribution in [0.5, 0.6) is 0 Å². The first-order chi connectivity index (χ1) is 14.0. The third kappa shape index (κ3) is 4.61. The smallest absolute Gasteiger partial charge is 0.375 e. The van der Waals surface area contributed by atoms with Gasteiger partial charge in [0.1, 0.15) is 5.58 Å². The Bertz CT molecular complexity index is 1030. The molecule has 2 N–H and O–H groups in total. The van der Waals surface area contributed by atoms with E-state index in [1.807, 2.05) is 6.07 Å². The molecule has 8 heteroatoms. The van der Waals surface area contributed by atoms with Gasteiger partial charge in [-0.3, -0.25) is 20.4 Å². The first-order valence-electron chi connectivity index (χ1n) is 8.86. The lowest BCUT2D eigenvalue weighted by Crippen LogP contribution is -2.46. The lowest BCUT2D eigenvalue weighted by molar-refractivity contribution is -0.129. The van der Waals surface area contributed by atoms with Crippen LogP contribution in [0.15, 0.2) is 59.0 Å². The minimum atomic E-state index is -1.16. The zero-order valence-electron chi connectivity index (χ0n) is 15.9. The molecule has 0 unspecified atom stereocenters. The number of fused-ring (bicyclic) bond motifs is 1. The lowest BCUT2D eigenvalue weighted by atomic mass is 10.1. The second kappa shape index (κ2) is 9.03. The Balaban J connectivity index is 1.64. The number of rotatable bonds is 6. The van der Waals surface area contributed by atoms with Crippen LogP contribution in [0.4, 0.5) is 0 Å². The van der Waals surface area contributed by atoms with Gasteiger partial charge in [-0.1, -0.05) is 36.4 Å². The number of ether oxygens (including phenoxy) is 2. The molecule has 1 aromatic heterocycles. The van der Waals surface area contributed by atoms with Crippen molar-refractivity contribution in [3.8, 4) is 0 Å². The van der Waals surface area contributed by atoms with Gasteiger partial charge in [-0.15, -0.1) is 0 Å². The molecule has 8 nitrogen and oxygen atoms in total. The van der Waals surface area contributed by atoms with E-state index in [0.29, 0.717) is 16.7 Å². The summed E-state index contributed by atoms with van der Waals surface area (Å²) in [5, 5.41) is 0.730.